The predicted octanol–water partition coefficient (Wildman–Crippen LogP) is 5.91. The van der Waals surface area contributed by atoms with Gasteiger partial charge in [-0.2, -0.15) is 0 Å². The van der Waals surface area contributed by atoms with Gasteiger partial charge in [0.05, 0.1) is 0 Å². The minimum Gasteiger partial charge on any atom is -0.0645 e. The van der Waals surface area contributed by atoms with E-state index in [2.05, 4.69) is 69.3 Å². The van der Waals surface area contributed by atoms with Crippen LogP contribution in [0.4, 0.5) is 0 Å². The van der Waals surface area contributed by atoms with Crippen molar-refractivity contribution in [1.82, 2.24) is 0 Å². The van der Waals surface area contributed by atoms with Crippen molar-refractivity contribution >= 4 is 12.2 Å². The van der Waals surface area contributed by atoms with E-state index in [0.717, 1.165) is 12.8 Å². The fraction of sp³-hybridized carbons (Fsp3) is 0.304. The van der Waals surface area contributed by atoms with E-state index in [1.54, 1.807) is 11.1 Å². The highest BCUT2D eigenvalue weighted by Crippen LogP contribution is 2.40. The van der Waals surface area contributed by atoms with E-state index >= 15 is 0 Å². The van der Waals surface area contributed by atoms with Gasteiger partial charge in [-0.1, -0.05) is 66.6 Å². The Bertz CT molecular complexity index is 764. The third-order valence-corrected chi connectivity index (χ3v) is 5.64. The van der Waals surface area contributed by atoms with Gasteiger partial charge in [-0.15, -0.1) is 0 Å². The predicted molar refractivity (Wildman–Crippen MR) is 99.5 cm³/mol. The van der Waals surface area contributed by atoms with Gasteiger partial charge in [0.15, 0.2) is 0 Å². The molecule has 0 amide bonds. The molecule has 2 aromatic rings. The van der Waals surface area contributed by atoms with Crippen LogP contribution >= 0.6 is 0 Å². The lowest BCUT2D eigenvalue weighted by atomic mass is 9.86. The Labute approximate surface area is 139 Å². The van der Waals surface area contributed by atoms with E-state index in [9.17, 15) is 0 Å². The molecule has 0 N–H and O–H groups in total. The number of fused-ring (bicyclic) bond motifs is 2. The molecule has 23 heavy (non-hydrogen) atoms. The highest BCUT2D eigenvalue weighted by molar-refractivity contribution is 5.70. The summed E-state index contributed by atoms with van der Waals surface area (Å²) in [5, 5.41) is 0. The largest absolute Gasteiger partial charge is 0.0645 e. The normalized spacial score (nSPS) is 15.5. The Morgan fingerprint density at radius 2 is 1.26 bits per heavy atom. The summed E-state index contributed by atoms with van der Waals surface area (Å²) < 4.78 is 0. The number of aryl methyl sites for hydroxylation is 2. The molecule has 0 atom stereocenters. The Morgan fingerprint density at radius 3 is 1.65 bits per heavy atom. The van der Waals surface area contributed by atoms with Crippen molar-refractivity contribution in [3.63, 3.8) is 0 Å². The number of allylic oxidation sites excluding steroid dienone is 2. The molecular weight excluding hydrogens is 276 g/mol. The first-order chi connectivity index (χ1) is 11.2. The van der Waals surface area contributed by atoms with Crippen molar-refractivity contribution in [1.29, 1.82) is 0 Å². The van der Waals surface area contributed by atoms with Gasteiger partial charge >= 0.3 is 0 Å². The minimum absolute atomic E-state index is 0.591. The van der Waals surface area contributed by atoms with Gasteiger partial charge in [0.25, 0.3) is 0 Å². The molecule has 0 saturated carbocycles. The first-order valence-corrected chi connectivity index (χ1v) is 8.75. The third-order valence-electron chi connectivity index (χ3n) is 5.64. The second kappa shape index (κ2) is 5.53. The van der Waals surface area contributed by atoms with Crippen LogP contribution < -0.4 is 0 Å². The lowest BCUT2D eigenvalue weighted by molar-refractivity contribution is 0.666. The summed E-state index contributed by atoms with van der Waals surface area (Å²) >= 11 is 0. The Kier molecular flexibility index (Phi) is 3.49. The molecule has 0 radical (unpaired) electrons. The summed E-state index contributed by atoms with van der Waals surface area (Å²) in [7, 11) is 0. The molecule has 2 aliphatic rings. The summed E-state index contributed by atoms with van der Waals surface area (Å²) in [6.07, 6.45) is 8.36. The summed E-state index contributed by atoms with van der Waals surface area (Å²) in [6.45, 7) is 6.81. The second-order valence-electron chi connectivity index (χ2n) is 7.04. The van der Waals surface area contributed by atoms with Crippen LogP contribution in [0, 0.1) is 19.8 Å². The molecule has 0 heterocycles. The van der Waals surface area contributed by atoms with Crippen LogP contribution in [0.15, 0.2) is 47.5 Å². The molecule has 0 bridgehead atoms. The Hall–Kier alpha value is -2.08. The van der Waals surface area contributed by atoms with Gasteiger partial charge < -0.3 is 0 Å². The molecule has 0 unspecified atom stereocenters. The van der Waals surface area contributed by atoms with Crippen LogP contribution in [0.3, 0.4) is 0 Å². The maximum atomic E-state index is 2.45. The third kappa shape index (κ3) is 2.37. The lowest BCUT2D eigenvalue weighted by Gasteiger charge is -2.19. The smallest absolute Gasteiger partial charge is 0.00177 e. The van der Waals surface area contributed by atoms with Crippen LogP contribution in [0.2, 0.25) is 0 Å². The number of rotatable bonds is 3. The zero-order valence-electron chi connectivity index (χ0n) is 14.3. The molecule has 2 aromatic carbocycles. The van der Waals surface area contributed by atoms with Crippen LogP contribution in [0.25, 0.3) is 12.2 Å². The van der Waals surface area contributed by atoms with Crippen molar-refractivity contribution in [3.8, 4) is 0 Å². The maximum absolute atomic E-state index is 2.45. The molecule has 0 aromatic heterocycles. The molecule has 4 rings (SSSR count). The van der Waals surface area contributed by atoms with Crippen LogP contribution in [0.1, 0.15) is 46.7 Å². The van der Waals surface area contributed by atoms with Gasteiger partial charge in [-0.3, -0.25) is 0 Å². The Morgan fingerprint density at radius 1 is 0.783 bits per heavy atom. The van der Waals surface area contributed by atoms with Crippen molar-refractivity contribution in [2.75, 3.05) is 0 Å². The van der Waals surface area contributed by atoms with E-state index in [4.69, 9.17) is 0 Å². The quantitative estimate of drug-likeness (QED) is 0.661. The molecule has 0 spiro atoms. The average Bonchev–Trinajstić information content (AvgIpc) is 3.14. The molecular formula is C23H24. The summed E-state index contributed by atoms with van der Waals surface area (Å²) in [4.78, 5) is 0. The summed E-state index contributed by atoms with van der Waals surface area (Å²) in [6, 6.07) is 13.4. The van der Waals surface area contributed by atoms with Gasteiger partial charge in [0.2, 0.25) is 0 Å². The fourth-order valence-electron chi connectivity index (χ4n) is 4.32. The standard InChI is InChI=1S/C23H24/c1-4-21(19-11-17-9-5-7-15(2)22(17)13-19)20-12-18-10-6-8-16(3)23(18)14-20/h5-12,21H,4,13-14H2,1-3H3. The monoisotopic (exact) mass is 300 g/mol. The van der Waals surface area contributed by atoms with E-state index in [-0.39, 0.29) is 0 Å². The molecule has 0 nitrogen and oxygen atoms in total. The lowest BCUT2D eigenvalue weighted by Crippen LogP contribution is -2.07. The molecule has 2 aliphatic carbocycles. The van der Waals surface area contributed by atoms with Crippen molar-refractivity contribution in [2.24, 2.45) is 5.92 Å². The van der Waals surface area contributed by atoms with Crippen molar-refractivity contribution in [3.05, 3.63) is 80.9 Å². The van der Waals surface area contributed by atoms with Gasteiger partial charge in [-0.25, -0.2) is 0 Å². The molecule has 0 heteroatoms. The number of benzene rings is 2. The number of hydrogen-bond donors (Lipinski definition) is 0. The van der Waals surface area contributed by atoms with Gasteiger partial charge in [0.1, 0.15) is 0 Å². The van der Waals surface area contributed by atoms with Crippen molar-refractivity contribution in [2.45, 2.75) is 40.0 Å². The minimum atomic E-state index is 0.591. The zero-order chi connectivity index (χ0) is 16.0. The molecule has 116 valence electrons. The fourth-order valence-corrected chi connectivity index (χ4v) is 4.32. The molecule has 0 fully saturated rings. The van der Waals surface area contributed by atoms with E-state index in [0.29, 0.717) is 5.92 Å². The first-order valence-electron chi connectivity index (χ1n) is 8.75. The van der Waals surface area contributed by atoms with Gasteiger partial charge in [-0.05, 0) is 66.5 Å². The topological polar surface area (TPSA) is 0 Å². The van der Waals surface area contributed by atoms with E-state index in [1.165, 1.54) is 39.8 Å². The summed E-state index contributed by atoms with van der Waals surface area (Å²) in [5.41, 5.74) is 12.0. The van der Waals surface area contributed by atoms with Gasteiger partial charge in [0, 0.05) is 5.92 Å². The average molecular weight is 300 g/mol. The Balaban J connectivity index is 1.66. The number of hydrogen-bond acceptors (Lipinski definition) is 0. The first kappa shape index (κ1) is 14.5. The summed E-state index contributed by atoms with van der Waals surface area (Å²) in [5.74, 6) is 0.591. The van der Waals surface area contributed by atoms with Crippen LogP contribution in [-0.4, -0.2) is 0 Å². The van der Waals surface area contributed by atoms with Crippen LogP contribution in [0.5, 0.6) is 0 Å². The molecule has 0 saturated heterocycles. The highest BCUT2D eigenvalue weighted by atomic mass is 14.3. The van der Waals surface area contributed by atoms with E-state index < -0.39 is 0 Å². The molecule has 0 aliphatic heterocycles. The zero-order valence-corrected chi connectivity index (χ0v) is 14.3. The van der Waals surface area contributed by atoms with Crippen LogP contribution in [-0.2, 0) is 12.8 Å². The second-order valence-corrected chi connectivity index (χ2v) is 7.04. The van der Waals surface area contributed by atoms with E-state index in [1.807, 2.05) is 0 Å². The SMILES string of the molecule is CCC(C1=Cc2cccc(C)c2C1)C1=Cc2cccc(C)c2C1. The van der Waals surface area contributed by atoms with Crippen molar-refractivity contribution < 1.29 is 0 Å². The highest BCUT2D eigenvalue weighted by Gasteiger charge is 2.26. The maximum Gasteiger partial charge on any atom is 0.00177 e.